The average Bonchev–Trinajstić information content (AvgIpc) is 2.64. The number of piperidine rings is 1. The number of ether oxygens (including phenoxy) is 1. The van der Waals surface area contributed by atoms with E-state index in [1.807, 2.05) is 17.0 Å². The van der Waals surface area contributed by atoms with Crippen LogP contribution in [0.15, 0.2) is 24.3 Å². The Kier molecular flexibility index (Phi) is 5.51. The average molecular weight is 334 g/mol. The van der Waals surface area contributed by atoms with Gasteiger partial charge < -0.3 is 15.4 Å². The van der Waals surface area contributed by atoms with Gasteiger partial charge in [0.2, 0.25) is 5.91 Å². The maximum Gasteiger partial charge on any atom is 0.230 e. The lowest BCUT2D eigenvalue weighted by atomic mass is 9.78. The van der Waals surface area contributed by atoms with E-state index in [0.717, 1.165) is 50.8 Å². The van der Waals surface area contributed by atoms with Gasteiger partial charge in [0.25, 0.3) is 0 Å². The summed E-state index contributed by atoms with van der Waals surface area (Å²) in [4.78, 5) is 14.9. The number of hydrogen-bond donors (Lipinski definition) is 1. The van der Waals surface area contributed by atoms with Crippen LogP contribution in [0.25, 0.3) is 0 Å². The zero-order chi connectivity index (χ0) is 17.0. The SMILES string of the molecule is NCC1(C(=O)N2CCC(Cc3ccccc3F)CC2)CCOCC1. The minimum Gasteiger partial charge on any atom is -0.381 e. The molecule has 132 valence electrons. The van der Waals surface area contributed by atoms with E-state index in [-0.39, 0.29) is 11.7 Å². The van der Waals surface area contributed by atoms with E-state index in [1.54, 1.807) is 6.07 Å². The van der Waals surface area contributed by atoms with Crippen molar-refractivity contribution in [1.82, 2.24) is 4.90 Å². The van der Waals surface area contributed by atoms with Gasteiger partial charge in [0.15, 0.2) is 0 Å². The molecule has 0 unspecified atom stereocenters. The highest BCUT2D eigenvalue weighted by atomic mass is 19.1. The third kappa shape index (κ3) is 3.62. The molecule has 1 aromatic carbocycles. The molecular weight excluding hydrogens is 307 g/mol. The van der Waals surface area contributed by atoms with E-state index in [9.17, 15) is 9.18 Å². The predicted molar refractivity (Wildman–Crippen MR) is 90.9 cm³/mol. The second-order valence-corrected chi connectivity index (χ2v) is 7.13. The molecule has 0 radical (unpaired) electrons. The van der Waals surface area contributed by atoms with Crippen LogP contribution in [0.5, 0.6) is 0 Å². The Balaban J connectivity index is 1.56. The van der Waals surface area contributed by atoms with Crippen LogP contribution in [0.3, 0.4) is 0 Å². The molecule has 2 heterocycles. The highest BCUT2D eigenvalue weighted by Gasteiger charge is 2.42. The summed E-state index contributed by atoms with van der Waals surface area (Å²) in [5, 5.41) is 0. The van der Waals surface area contributed by atoms with Crippen molar-refractivity contribution in [1.29, 1.82) is 0 Å². The van der Waals surface area contributed by atoms with Gasteiger partial charge in [-0.05, 0) is 49.7 Å². The molecule has 2 N–H and O–H groups in total. The van der Waals surface area contributed by atoms with Crippen LogP contribution in [0.2, 0.25) is 0 Å². The fourth-order valence-corrected chi connectivity index (χ4v) is 3.92. The van der Waals surface area contributed by atoms with Crippen LogP contribution in [-0.4, -0.2) is 43.7 Å². The van der Waals surface area contributed by atoms with Crippen molar-refractivity contribution in [3.8, 4) is 0 Å². The van der Waals surface area contributed by atoms with Gasteiger partial charge in [-0.1, -0.05) is 18.2 Å². The minimum absolute atomic E-state index is 0.125. The summed E-state index contributed by atoms with van der Waals surface area (Å²) in [6, 6.07) is 6.98. The Morgan fingerprint density at radius 2 is 1.92 bits per heavy atom. The van der Waals surface area contributed by atoms with Crippen molar-refractivity contribution in [3.05, 3.63) is 35.6 Å². The number of benzene rings is 1. The van der Waals surface area contributed by atoms with Gasteiger partial charge in [-0.15, -0.1) is 0 Å². The molecule has 0 aromatic heterocycles. The molecule has 0 atom stereocenters. The summed E-state index contributed by atoms with van der Waals surface area (Å²) in [7, 11) is 0. The Morgan fingerprint density at radius 3 is 2.54 bits per heavy atom. The molecule has 0 aliphatic carbocycles. The molecule has 4 nitrogen and oxygen atoms in total. The molecule has 1 amide bonds. The lowest BCUT2D eigenvalue weighted by Gasteiger charge is -2.41. The number of rotatable bonds is 4. The van der Waals surface area contributed by atoms with Crippen molar-refractivity contribution in [2.75, 3.05) is 32.8 Å². The zero-order valence-electron chi connectivity index (χ0n) is 14.2. The number of nitrogens with two attached hydrogens (primary N) is 1. The Bertz CT molecular complexity index is 564. The molecule has 5 heteroatoms. The van der Waals surface area contributed by atoms with E-state index in [0.29, 0.717) is 25.7 Å². The fraction of sp³-hybridized carbons (Fsp3) is 0.632. The fourth-order valence-electron chi connectivity index (χ4n) is 3.92. The minimum atomic E-state index is -0.434. The molecule has 3 rings (SSSR count). The third-order valence-corrected chi connectivity index (χ3v) is 5.66. The number of amides is 1. The van der Waals surface area contributed by atoms with E-state index in [1.165, 1.54) is 6.07 Å². The molecule has 1 aromatic rings. The Hall–Kier alpha value is -1.46. The first-order valence-electron chi connectivity index (χ1n) is 8.95. The number of hydrogen-bond acceptors (Lipinski definition) is 3. The summed E-state index contributed by atoms with van der Waals surface area (Å²) >= 11 is 0. The maximum atomic E-state index is 13.8. The topological polar surface area (TPSA) is 55.6 Å². The van der Waals surface area contributed by atoms with Gasteiger partial charge in [0.1, 0.15) is 5.82 Å². The van der Waals surface area contributed by atoms with E-state index >= 15 is 0 Å². The summed E-state index contributed by atoms with van der Waals surface area (Å²) in [5.41, 5.74) is 6.30. The van der Waals surface area contributed by atoms with Crippen molar-refractivity contribution in [2.24, 2.45) is 17.1 Å². The van der Waals surface area contributed by atoms with Gasteiger partial charge >= 0.3 is 0 Å². The molecule has 2 aliphatic heterocycles. The molecule has 24 heavy (non-hydrogen) atoms. The third-order valence-electron chi connectivity index (χ3n) is 5.66. The summed E-state index contributed by atoms with van der Waals surface area (Å²) in [6.07, 6.45) is 4.05. The summed E-state index contributed by atoms with van der Waals surface area (Å²) in [6.45, 7) is 3.13. The standard InChI is InChI=1S/C19H27FN2O2/c20-17-4-2-1-3-16(17)13-15-5-9-22(10-6-15)18(23)19(14-21)7-11-24-12-8-19/h1-4,15H,5-14,21H2. The smallest absolute Gasteiger partial charge is 0.230 e. The molecule has 0 bridgehead atoms. The molecule has 2 fully saturated rings. The normalized spacial score (nSPS) is 21.7. The second-order valence-electron chi connectivity index (χ2n) is 7.13. The lowest BCUT2D eigenvalue weighted by molar-refractivity contribution is -0.148. The Morgan fingerprint density at radius 1 is 1.25 bits per heavy atom. The molecular formula is C19H27FN2O2. The second kappa shape index (κ2) is 7.62. The predicted octanol–water partition coefficient (Wildman–Crippen LogP) is 2.36. The largest absolute Gasteiger partial charge is 0.381 e. The first-order chi connectivity index (χ1) is 11.6. The quantitative estimate of drug-likeness (QED) is 0.920. The lowest BCUT2D eigenvalue weighted by Crippen LogP contribution is -2.52. The van der Waals surface area contributed by atoms with Crippen molar-refractivity contribution in [2.45, 2.75) is 32.1 Å². The van der Waals surface area contributed by atoms with E-state index in [4.69, 9.17) is 10.5 Å². The molecule has 0 saturated carbocycles. The van der Waals surface area contributed by atoms with Crippen molar-refractivity contribution in [3.63, 3.8) is 0 Å². The van der Waals surface area contributed by atoms with E-state index in [2.05, 4.69) is 0 Å². The van der Waals surface area contributed by atoms with Gasteiger partial charge in [-0.2, -0.15) is 0 Å². The van der Waals surface area contributed by atoms with Crippen LogP contribution >= 0.6 is 0 Å². The van der Waals surface area contributed by atoms with Gasteiger partial charge in [0.05, 0.1) is 5.41 Å². The van der Waals surface area contributed by atoms with Crippen LogP contribution in [0, 0.1) is 17.2 Å². The number of nitrogens with zero attached hydrogens (tertiary/aromatic N) is 1. The van der Waals surface area contributed by atoms with Gasteiger partial charge in [-0.25, -0.2) is 4.39 Å². The monoisotopic (exact) mass is 334 g/mol. The summed E-state index contributed by atoms with van der Waals surface area (Å²) < 4.78 is 19.2. The van der Waals surface area contributed by atoms with Gasteiger partial charge in [-0.3, -0.25) is 4.79 Å². The number of likely N-dealkylation sites (tertiary alicyclic amines) is 1. The first-order valence-corrected chi connectivity index (χ1v) is 8.95. The van der Waals surface area contributed by atoms with Crippen molar-refractivity contribution < 1.29 is 13.9 Å². The zero-order valence-corrected chi connectivity index (χ0v) is 14.2. The summed E-state index contributed by atoms with van der Waals surface area (Å²) in [5.74, 6) is 0.507. The van der Waals surface area contributed by atoms with Gasteiger partial charge in [0, 0.05) is 32.8 Å². The molecule has 0 spiro atoms. The first kappa shape index (κ1) is 17.4. The molecule has 2 aliphatic rings. The van der Waals surface area contributed by atoms with E-state index < -0.39 is 5.41 Å². The highest BCUT2D eigenvalue weighted by molar-refractivity contribution is 5.83. The number of halogens is 1. The van der Waals surface area contributed by atoms with Crippen LogP contribution < -0.4 is 5.73 Å². The van der Waals surface area contributed by atoms with Crippen LogP contribution in [0.4, 0.5) is 4.39 Å². The highest BCUT2D eigenvalue weighted by Crippen LogP contribution is 2.33. The molecule has 2 saturated heterocycles. The number of carbonyl (C=O) groups is 1. The number of carbonyl (C=O) groups excluding carboxylic acids is 1. The Labute approximate surface area is 143 Å². The van der Waals surface area contributed by atoms with Crippen LogP contribution in [0.1, 0.15) is 31.2 Å². The maximum absolute atomic E-state index is 13.8. The van der Waals surface area contributed by atoms with Crippen LogP contribution in [-0.2, 0) is 16.0 Å². The van der Waals surface area contributed by atoms with Crippen molar-refractivity contribution >= 4 is 5.91 Å².